The molecular weight excluding hydrogens is 375 g/mol. The Bertz CT molecular complexity index is 598. The van der Waals surface area contributed by atoms with Crippen molar-refractivity contribution < 1.29 is 28.7 Å². The first-order valence-electron chi connectivity index (χ1n) is 6.26. The largest absolute Gasteiger partial charge is 2.00 e. The fourth-order valence-corrected chi connectivity index (χ4v) is 2.93. The zero-order valence-corrected chi connectivity index (χ0v) is 17.6. The summed E-state index contributed by atoms with van der Waals surface area (Å²) in [4.78, 5) is 41.1. The van der Waals surface area contributed by atoms with Gasteiger partial charge in [-0.25, -0.2) is 0 Å². The first kappa shape index (κ1) is 26.5. The molecule has 0 radical (unpaired) electrons. The van der Waals surface area contributed by atoms with Crippen LogP contribution in [0.1, 0.15) is 11.1 Å². The van der Waals surface area contributed by atoms with Gasteiger partial charge in [0, 0.05) is 12.3 Å². The van der Waals surface area contributed by atoms with E-state index in [4.69, 9.17) is 0 Å². The van der Waals surface area contributed by atoms with Crippen molar-refractivity contribution in [2.75, 3.05) is 0 Å². The quantitative estimate of drug-likeness (QED) is 0.510. The monoisotopic (exact) mass is 388 g/mol. The summed E-state index contributed by atoms with van der Waals surface area (Å²) >= 11 is 0. The molecule has 6 nitrogen and oxygen atoms in total. The SMILES string of the molecule is O=P([O-])([O-])Cc1ccccc1.O=P([O-])([O-])Cc1ccccc1.[Mg+2].[Mg+2]. The molecule has 0 aromatic heterocycles. The van der Waals surface area contributed by atoms with Crippen LogP contribution < -0.4 is 19.6 Å². The Morgan fingerprint density at radius 3 is 1.04 bits per heavy atom. The van der Waals surface area contributed by atoms with E-state index in [-0.39, 0.29) is 46.1 Å². The Labute approximate surface area is 173 Å². The molecular formula is C14H14Mg2O6P2. The van der Waals surface area contributed by atoms with Crippen molar-refractivity contribution in [1.29, 1.82) is 0 Å². The Hall–Kier alpha value is 0.272. The van der Waals surface area contributed by atoms with Gasteiger partial charge in [-0.15, -0.1) is 0 Å². The minimum absolute atomic E-state index is 0. The van der Waals surface area contributed by atoms with Crippen molar-refractivity contribution in [3.63, 3.8) is 0 Å². The molecule has 0 spiro atoms. The van der Waals surface area contributed by atoms with E-state index in [0.29, 0.717) is 11.1 Å². The number of hydrogen-bond donors (Lipinski definition) is 0. The maximum atomic E-state index is 10.3. The van der Waals surface area contributed by atoms with Crippen molar-refractivity contribution in [3.05, 3.63) is 71.8 Å². The van der Waals surface area contributed by atoms with E-state index in [1.54, 1.807) is 60.7 Å². The molecule has 0 amide bonds. The first-order valence-corrected chi connectivity index (χ1v) is 9.71. The molecule has 0 fully saturated rings. The van der Waals surface area contributed by atoms with Crippen LogP contribution in [-0.4, -0.2) is 46.1 Å². The third-order valence-electron chi connectivity index (χ3n) is 2.44. The molecule has 120 valence electrons. The predicted molar refractivity (Wildman–Crippen MR) is 87.0 cm³/mol. The molecule has 24 heavy (non-hydrogen) atoms. The van der Waals surface area contributed by atoms with E-state index in [1.807, 2.05) is 0 Å². The van der Waals surface area contributed by atoms with E-state index in [1.165, 1.54) is 0 Å². The Morgan fingerprint density at radius 2 is 0.833 bits per heavy atom. The van der Waals surface area contributed by atoms with Gasteiger partial charge < -0.3 is 28.7 Å². The summed E-state index contributed by atoms with van der Waals surface area (Å²) in [6, 6.07) is 16.8. The molecule has 0 saturated carbocycles. The van der Waals surface area contributed by atoms with E-state index in [9.17, 15) is 28.7 Å². The summed E-state index contributed by atoms with van der Waals surface area (Å²) in [5.74, 6) is 0. The minimum Gasteiger partial charge on any atom is -0.810 e. The van der Waals surface area contributed by atoms with Crippen LogP contribution in [0.3, 0.4) is 0 Å². The normalized spacial score (nSPS) is 10.5. The molecule has 2 aromatic rings. The molecule has 0 heterocycles. The summed E-state index contributed by atoms with van der Waals surface area (Å²) in [5.41, 5.74) is 1.08. The molecule has 0 aliphatic carbocycles. The second kappa shape index (κ2) is 12.6. The van der Waals surface area contributed by atoms with Crippen molar-refractivity contribution >= 4 is 61.3 Å². The first-order chi connectivity index (χ1) is 10.2. The van der Waals surface area contributed by atoms with Crippen LogP contribution >= 0.6 is 15.2 Å². The molecule has 10 heteroatoms. The van der Waals surface area contributed by atoms with Crippen LogP contribution in [0.15, 0.2) is 60.7 Å². The molecule has 0 bridgehead atoms. The maximum Gasteiger partial charge on any atom is 2.00 e. The Kier molecular flexibility index (Phi) is 13.9. The van der Waals surface area contributed by atoms with E-state index in [2.05, 4.69) is 0 Å². The Balaban J connectivity index is 0. The topological polar surface area (TPSA) is 126 Å². The van der Waals surface area contributed by atoms with Gasteiger partial charge in [-0.05, 0) is 11.1 Å². The third kappa shape index (κ3) is 14.6. The van der Waals surface area contributed by atoms with Gasteiger partial charge in [-0.2, -0.15) is 0 Å². The molecule has 0 atom stereocenters. The standard InChI is InChI=1S/2C7H9O3P.2Mg/c2*8-11(9,10)6-7-4-2-1-3-5-7;;/h2*1-5H,6H2,(H2,8,9,10);;/q;;2*+2/p-4. The summed E-state index contributed by atoms with van der Waals surface area (Å²) in [6.45, 7) is 0. The average molecular weight is 389 g/mol. The smallest absolute Gasteiger partial charge is 0.810 e. The van der Waals surface area contributed by atoms with Crippen molar-refractivity contribution in [1.82, 2.24) is 0 Å². The summed E-state index contributed by atoms with van der Waals surface area (Å²) in [7, 11) is -8.78. The van der Waals surface area contributed by atoms with Gasteiger partial charge in [0.15, 0.2) is 0 Å². The van der Waals surface area contributed by atoms with Crippen LogP contribution in [0.4, 0.5) is 0 Å². The molecule has 2 aromatic carbocycles. The van der Waals surface area contributed by atoms with E-state index >= 15 is 0 Å². The second-order valence-corrected chi connectivity index (χ2v) is 7.59. The number of rotatable bonds is 4. The van der Waals surface area contributed by atoms with Gasteiger partial charge in [-0.3, -0.25) is 0 Å². The Morgan fingerprint density at radius 1 is 0.583 bits per heavy atom. The van der Waals surface area contributed by atoms with Gasteiger partial charge in [0.25, 0.3) is 0 Å². The maximum absolute atomic E-state index is 10.3. The average Bonchev–Trinajstić information content (AvgIpc) is 2.38. The zero-order valence-electron chi connectivity index (χ0n) is 12.9. The number of benzene rings is 2. The molecule has 0 N–H and O–H groups in total. The van der Waals surface area contributed by atoms with Gasteiger partial charge in [0.2, 0.25) is 0 Å². The van der Waals surface area contributed by atoms with Gasteiger partial charge in [-0.1, -0.05) is 75.9 Å². The summed E-state index contributed by atoms with van der Waals surface area (Å²) in [5, 5.41) is 0. The molecule has 0 aliphatic heterocycles. The molecule has 0 unspecified atom stereocenters. The fourth-order valence-electron chi connectivity index (χ4n) is 1.61. The van der Waals surface area contributed by atoms with Crippen molar-refractivity contribution in [2.45, 2.75) is 12.3 Å². The van der Waals surface area contributed by atoms with Crippen LogP contribution in [-0.2, 0) is 21.5 Å². The minimum atomic E-state index is -4.39. The molecule has 2 rings (SSSR count). The van der Waals surface area contributed by atoms with E-state index < -0.39 is 27.5 Å². The van der Waals surface area contributed by atoms with Crippen LogP contribution in [0, 0.1) is 0 Å². The summed E-state index contributed by atoms with van der Waals surface area (Å²) in [6.07, 6.45) is -0.790. The van der Waals surface area contributed by atoms with Gasteiger partial charge in [0.05, 0.1) is 0 Å². The molecule has 0 saturated heterocycles. The summed E-state index contributed by atoms with van der Waals surface area (Å²) < 4.78 is 20.5. The number of hydrogen-bond acceptors (Lipinski definition) is 6. The van der Waals surface area contributed by atoms with Crippen LogP contribution in [0.25, 0.3) is 0 Å². The predicted octanol–water partition coefficient (Wildman–Crippen LogP) is -0.561. The van der Waals surface area contributed by atoms with Gasteiger partial charge >= 0.3 is 46.1 Å². The van der Waals surface area contributed by atoms with Crippen LogP contribution in [0.2, 0.25) is 0 Å². The third-order valence-corrected chi connectivity index (χ3v) is 3.94. The fraction of sp³-hybridized carbons (Fsp3) is 0.143. The van der Waals surface area contributed by atoms with E-state index in [0.717, 1.165) is 0 Å². The molecule has 0 aliphatic rings. The van der Waals surface area contributed by atoms with Crippen LogP contribution in [0.5, 0.6) is 0 Å². The zero-order chi connectivity index (χ0) is 16.6. The van der Waals surface area contributed by atoms with Crippen molar-refractivity contribution in [2.24, 2.45) is 0 Å². The van der Waals surface area contributed by atoms with Gasteiger partial charge in [0.1, 0.15) is 0 Å². The second-order valence-electron chi connectivity index (χ2n) is 4.51. The van der Waals surface area contributed by atoms with Crippen molar-refractivity contribution in [3.8, 4) is 0 Å².